The second kappa shape index (κ2) is 5.50. The number of pyridine rings is 1. The van der Waals surface area contributed by atoms with Crippen molar-refractivity contribution in [3.05, 3.63) is 27.4 Å². The normalized spacial score (nSPS) is 10.0. The quantitative estimate of drug-likeness (QED) is 0.338. The van der Waals surface area contributed by atoms with Crippen molar-refractivity contribution in [3.63, 3.8) is 0 Å². The van der Waals surface area contributed by atoms with Crippen LogP contribution in [0, 0.1) is 10.1 Å². The predicted molar refractivity (Wildman–Crippen MR) is 56.3 cm³/mol. The van der Waals surface area contributed by atoms with Crippen molar-refractivity contribution >= 4 is 17.3 Å². The average Bonchev–Trinajstić information content (AvgIpc) is 2.17. The monoisotopic (exact) mass is 230 g/mol. The first-order valence-corrected chi connectivity index (χ1v) is 4.96. The Hall–Kier alpha value is -1.36. The molecule has 1 rings (SSSR count). The fourth-order valence-electron chi connectivity index (χ4n) is 0.960. The first kappa shape index (κ1) is 11.7. The number of halogens is 1. The van der Waals surface area contributed by atoms with Crippen LogP contribution in [-0.2, 0) is 0 Å². The number of hydrogen-bond acceptors (Lipinski definition) is 4. The van der Waals surface area contributed by atoms with Gasteiger partial charge in [-0.3, -0.25) is 10.1 Å². The Balaban J connectivity index is 2.75. The highest BCUT2D eigenvalue weighted by Crippen LogP contribution is 2.21. The molecule has 82 valence electrons. The van der Waals surface area contributed by atoms with Crippen LogP contribution in [0.15, 0.2) is 12.1 Å². The van der Waals surface area contributed by atoms with Crippen molar-refractivity contribution < 1.29 is 9.66 Å². The zero-order valence-electron chi connectivity index (χ0n) is 8.27. The highest BCUT2D eigenvalue weighted by Gasteiger charge is 2.10. The standard InChI is InChI=1S/C9H11ClN2O3/c1-2-3-4-15-9-6-7(12(13)14)5-8(10)11-9/h5-6H,2-4H2,1H3. The van der Waals surface area contributed by atoms with E-state index >= 15 is 0 Å². The fraction of sp³-hybridized carbons (Fsp3) is 0.444. The lowest BCUT2D eigenvalue weighted by atomic mass is 10.3. The van der Waals surface area contributed by atoms with Crippen LogP contribution in [0.1, 0.15) is 19.8 Å². The predicted octanol–water partition coefficient (Wildman–Crippen LogP) is 2.82. The minimum absolute atomic E-state index is 0.0655. The van der Waals surface area contributed by atoms with Gasteiger partial charge in [0.1, 0.15) is 5.15 Å². The van der Waals surface area contributed by atoms with Gasteiger partial charge in [0.05, 0.1) is 23.7 Å². The van der Waals surface area contributed by atoms with Crippen molar-refractivity contribution in [1.82, 2.24) is 4.98 Å². The molecule has 5 nitrogen and oxygen atoms in total. The fourth-order valence-corrected chi connectivity index (χ4v) is 1.16. The lowest BCUT2D eigenvalue weighted by molar-refractivity contribution is -0.385. The van der Waals surface area contributed by atoms with E-state index in [-0.39, 0.29) is 16.7 Å². The number of ether oxygens (including phenoxy) is 1. The molecule has 1 aromatic rings. The van der Waals surface area contributed by atoms with Gasteiger partial charge in [0, 0.05) is 0 Å². The number of hydrogen-bond donors (Lipinski definition) is 0. The van der Waals surface area contributed by atoms with Crippen molar-refractivity contribution in [1.29, 1.82) is 0 Å². The van der Waals surface area contributed by atoms with E-state index in [1.54, 1.807) is 0 Å². The van der Waals surface area contributed by atoms with Crippen molar-refractivity contribution in [2.75, 3.05) is 6.61 Å². The highest BCUT2D eigenvalue weighted by atomic mass is 35.5. The van der Waals surface area contributed by atoms with E-state index in [4.69, 9.17) is 16.3 Å². The van der Waals surface area contributed by atoms with E-state index in [0.29, 0.717) is 6.61 Å². The molecule has 0 radical (unpaired) electrons. The van der Waals surface area contributed by atoms with Crippen LogP contribution >= 0.6 is 11.6 Å². The van der Waals surface area contributed by atoms with Gasteiger partial charge in [-0.05, 0) is 6.42 Å². The average molecular weight is 231 g/mol. The molecule has 1 heterocycles. The molecule has 0 bridgehead atoms. The summed E-state index contributed by atoms with van der Waals surface area (Å²) in [7, 11) is 0. The lowest BCUT2D eigenvalue weighted by Crippen LogP contribution is -1.99. The van der Waals surface area contributed by atoms with E-state index < -0.39 is 4.92 Å². The molecule has 0 aliphatic heterocycles. The summed E-state index contributed by atoms with van der Waals surface area (Å²) in [4.78, 5) is 13.8. The molecule has 15 heavy (non-hydrogen) atoms. The summed E-state index contributed by atoms with van der Waals surface area (Å²) in [6.45, 7) is 2.51. The van der Waals surface area contributed by atoms with Crippen LogP contribution in [0.4, 0.5) is 5.69 Å². The van der Waals surface area contributed by atoms with E-state index in [0.717, 1.165) is 12.8 Å². The third kappa shape index (κ3) is 3.71. The van der Waals surface area contributed by atoms with Crippen molar-refractivity contribution in [2.45, 2.75) is 19.8 Å². The summed E-state index contributed by atoms with van der Waals surface area (Å²) < 4.78 is 5.22. The Morgan fingerprint density at radius 3 is 2.93 bits per heavy atom. The summed E-state index contributed by atoms with van der Waals surface area (Å²) in [5.74, 6) is 0.197. The molecule has 0 N–H and O–H groups in total. The molecule has 0 aromatic carbocycles. The largest absolute Gasteiger partial charge is 0.477 e. The molecule has 6 heteroatoms. The molecule has 0 aliphatic carbocycles. The number of aromatic nitrogens is 1. The van der Waals surface area contributed by atoms with Crippen LogP contribution < -0.4 is 4.74 Å². The summed E-state index contributed by atoms with van der Waals surface area (Å²) in [5.41, 5.74) is -0.110. The Labute approximate surface area is 92.2 Å². The van der Waals surface area contributed by atoms with Gasteiger partial charge >= 0.3 is 0 Å². The van der Waals surface area contributed by atoms with Crippen LogP contribution in [0.2, 0.25) is 5.15 Å². The molecule has 0 spiro atoms. The van der Waals surface area contributed by atoms with Gasteiger partial charge in [-0.1, -0.05) is 24.9 Å². The lowest BCUT2D eigenvalue weighted by Gasteiger charge is -2.03. The summed E-state index contributed by atoms with van der Waals surface area (Å²) in [5, 5.41) is 10.6. The summed E-state index contributed by atoms with van der Waals surface area (Å²) in [6.07, 6.45) is 1.87. The van der Waals surface area contributed by atoms with Crippen LogP contribution in [0.3, 0.4) is 0 Å². The van der Waals surface area contributed by atoms with Crippen LogP contribution in [0.5, 0.6) is 5.88 Å². The van der Waals surface area contributed by atoms with Crippen molar-refractivity contribution in [3.8, 4) is 5.88 Å². The van der Waals surface area contributed by atoms with Gasteiger partial charge in [-0.15, -0.1) is 0 Å². The first-order valence-electron chi connectivity index (χ1n) is 4.58. The molecule has 1 aromatic heterocycles. The number of unbranched alkanes of at least 4 members (excludes halogenated alkanes) is 1. The van der Waals surface area contributed by atoms with Crippen molar-refractivity contribution in [2.24, 2.45) is 0 Å². The number of nitro groups is 1. The van der Waals surface area contributed by atoms with E-state index in [9.17, 15) is 10.1 Å². The second-order valence-corrected chi connectivity index (χ2v) is 3.33. The molecule has 0 atom stereocenters. The molecule has 0 fully saturated rings. The minimum atomic E-state index is -0.528. The maximum Gasteiger partial charge on any atom is 0.277 e. The maximum absolute atomic E-state index is 10.5. The Morgan fingerprint density at radius 2 is 2.33 bits per heavy atom. The number of nitrogens with zero attached hydrogens (tertiary/aromatic N) is 2. The van der Waals surface area contributed by atoms with E-state index in [1.165, 1.54) is 12.1 Å². The van der Waals surface area contributed by atoms with Gasteiger partial charge in [0.2, 0.25) is 5.88 Å². The summed E-state index contributed by atoms with van der Waals surface area (Å²) in [6, 6.07) is 2.45. The van der Waals surface area contributed by atoms with Gasteiger partial charge in [-0.2, -0.15) is 0 Å². The third-order valence-corrected chi connectivity index (χ3v) is 1.91. The third-order valence-electron chi connectivity index (χ3n) is 1.71. The minimum Gasteiger partial charge on any atom is -0.477 e. The summed E-state index contributed by atoms with van der Waals surface area (Å²) >= 11 is 5.61. The maximum atomic E-state index is 10.5. The molecular weight excluding hydrogens is 220 g/mol. The SMILES string of the molecule is CCCCOc1cc([N+](=O)[O-])cc(Cl)n1. The Morgan fingerprint density at radius 1 is 1.60 bits per heavy atom. The zero-order valence-corrected chi connectivity index (χ0v) is 9.03. The molecule has 0 saturated heterocycles. The first-order chi connectivity index (χ1) is 7.13. The molecule has 0 unspecified atom stereocenters. The van der Waals surface area contributed by atoms with Gasteiger partial charge in [-0.25, -0.2) is 4.98 Å². The number of rotatable bonds is 5. The molecule has 0 aliphatic rings. The topological polar surface area (TPSA) is 65.3 Å². The van der Waals surface area contributed by atoms with E-state index in [1.807, 2.05) is 6.92 Å². The Kier molecular flexibility index (Phi) is 4.30. The Bertz CT molecular complexity index is 357. The molecule has 0 saturated carbocycles. The van der Waals surface area contributed by atoms with E-state index in [2.05, 4.69) is 4.98 Å². The van der Waals surface area contributed by atoms with Crippen LogP contribution in [-0.4, -0.2) is 16.5 Å². The van der Waals surface area contributed by atoms with Gasteiger partial charge in [0.25, 0.3) is 5.69 Å². The second-order valence-electron chi connectivity index (χ2n) is 2.95. The van der Waals surface area contributed by atoms with Gasteiger partial charge in [0.15, 0.2) is 0 Å². The molecule has 0 amide bonds. The van der Waals surface area contributed by atoms with Crippen LogP contribution in [0.25, 0.3) is 0 Å². The highest BCUT2D eigenvalue weighted by molar-refractivity contribution is 6.29. The van der Waals surface area contributed by atoms with Gasteiger partial charge < -0.3 is 4.74 Å². The zero-order chi connectivity index (χ0) is 11.3. The molecular formula is C9H11ClN2O3. The smallest absolute Gasteiger partial charge is 0.277 e.